The lowest BCUT2D eigenvalue weighted by Crippen LogP contribution is -2.53. The first-order chi connectivity index (χ1) is 6.50. The summed E-state index contributed by atoms with van der Waals surface area (Å²) in [4.78, 5) is 22.4. The molecule has 0 spiro atoms. The van der Waals surface area contributed by atoms with Gasteiger partial charge >= 0.3 is 6.03 Å². The second-order valence-electron chi connectivity index (χ2n) is 4.13. The zero-order valence-corrected chi connectivity index (χ0v) is 9.82. The molecule has 0 bridgehead atoms. The zero-order valence-electron chi connectivity index (χ0n) is 9.00. The van der Waals surface area contributed by atoms with Gasteiger partial charge in [-0.15, -0.1) is 12.4 Å². The summed E-state index contributed by atoms with van der Waals surface area (Å²) in [6.45, 7) is 4.29. The fraction of sp³-hybridized carbons (Fsp3) is 0.778. The maximum atomic E-state index is 11.5. The van der Waals surface area contributed by atoms with Crippen LogP contribution in [-0.2, 0) is 4.79 Å². The molecule has 3 amide bonds. The fourth-order valence-electron chi connectivity index (χ4n) is 1.48. The van der Waals surface area contributed by atoms with E-state index in [0.717, 1.165) is 6.42 Å². The Morgan fingerprint density at radius 2 is 2.00 bits per heavy atom. The summed E-state index contributed by atoms with van der Waals surface area (Å²) in [5.41, 5.74) is 4.66. The lowest BCUT2D eigenvalue weighted by molar-refractivity contribution is -0.124. The summed E-state index contributed by atoms with van der Waals surface area (Å²) in [6.07, 6.45) is 1.46. The van der Waals surface area contributed by atoms with Crippen molar-refractivity contribution in [3.05, 3.63) is 0 Å². The van der Waals surface area contributed by atoms with Crippen LogP contribution in [-0.4, -0.2) is 24.0 Å². The zero-order chi connectivity index (χ0) is 10.8. The molecule has 0 radical (unpaired) electrons. The van der Waals surface area contributed by atoms with E-state index in [1.54, 1.807) is 0 Å². The molecule has 6 heteroatoms. The normalized spacial score (nSPS) is 24.8. The molecule has 1 atom stereocenters. The molecule has 1 saturated heterocycles. The number of carbonyl (C=O) groups is 2. The van der Waals surface area contributed by atoms with E-state index in [-0.39, 0.29) is 24.9 Å². The molecule has 4 N–H and O–H groups in total. The number of nitrogens with one attached hydrogen (secondary N) is 2. The summed E-state index contributed by atoms with van der Waals surface area (Å²) >= 11 is 0. The number of hydrogen-bond donors (Lipinski definition) is 3. The predicted octanol–water partition coefficient (Wildman–Crippen LogP) is 0.381. The minimum absolute atomic E-state index is 0. The summed E-state index contributed by atoms with van der Waals surface area (Å²) < 4.78 is 0. The third-order valence-corrected chi connectivity index (χ3v) is 2.51. The largest absolute Gasteiger partial charge is 0.328 e. The molecule has 0 aromatic carbocycles. The molecule has 0 aromatic rings. The van der Waals surface area contributed by atoms with Crippen molar-refractivity contribution in [1.82, 2.24) is 10.6 Å². The lowest BCUT2D eigenvalue weighted by Gasteiger charge is -2.24. The highest BCUT2D eigenvalue weighted by molar-refractivity contribution is 6.07. The summed E-state index contributed by atoms with van der Waals surface area (Å²) in [5.74, 6) is 0.189. The van der Waals surface area contributed by atoms with Gasteiger partial charge in [0.05, 0.1) is 0 Å². The van der Waals surface area contributed by atoms with Crippen molar-refractivity contribution in [2.24, 2.45) is 11.7 Å². The molecule has 1 rings (SSSR count). The van der Waals surface area contributed by atoms with Crippen molar-refractivity contribution in [2.45, 2.75) is 32.2 Å². The average molecular weight is 236 g/mol. The highest BCUT2D eigenvalue weighted by Gasteiger charge is 2.44. The van der Waals surface area contributed by atoms with Crippen molar-refractivity contribution in [3.8, 4) is 0 Å². The number of hydrogen-bond acceptors (Lipinski definition) is 3. The Morgan fingerprint density at radius 1 is 1.40 bits per heavy atom. The van der Waals surface area contributed by atoms with E-state index in [1.165, 1.54) is 0 Å². The molecule has 1 heterocycles. The van der Waals surface area contributed by atoms with Crippen LogP contribution in [0.1, 0.15) is 26.7 Å². The van der Waals surface area contributed by atoms with E-state index in [2.05, 4.69) is 24.5 Å². The van der Waals surface area contributed by atoms with Crippen LogP contribution in [0.2, 0.25) is 0 Å². The maximum absolute atomic E-state index is 11.5. The van der Waals surface area contributed by atoms with Crippen LogP contribution in [0.4, 0.5) is 4.79 Å². The van der Waals surface area contributed by atoms with Crippen molar-refractivity contribution in [1.29, 1.82) is 0 Å². The number of halogens is 1. The van der Waals surface area contributed by atoms with Crippen LogP contribution < -0.4 is 16.4 Å². The third kappa shape index (κ3) is 3.07. The molecule has 88 valence electrons. The van der Waals surface area contributed by atoms with Gasteiger partial charge in [0.1, 0.15) is 5.54 Å². The SMILES string of the molecule is CC(C)CC[C@]1(CN)NC(=O)NC1=O.Cl. The van der Waals surface area contributed by atoms with E-state index in [1.807, 2.05) is 0 Å². The second-order valence-corrected chi connectivity index (χ2v) is 4.13. The Bertz CT molecular complexity index is 258. The highest BCUT2D eigenvalue weighted by atomic mass is 35.5. The highest BCUT2D eigenvalue weighted by Crippen LogP contribution is 2.19. The molecule has 1 aliphatic heterocycles. The van der Waals surface area contributed by atoms with E-state index >= 15 is 0 Å². The quantitative estimate of drug-likeness (QED) is 0.616. The number of nitrogens with two attached hydrogens (primary N) is 1. The van der Waals surface area contributed by atoms with Crippen molar-refractivity contribution >= 4 is 24.3 Å². The van der Waals surface area contributed by atoms with Gasteiger partial charge in [0, 0.05) is 6.54 Å². The predicted molar refractivity (Wildman–Crippen MR) is 59.8 cm³/mol. The number of urea groups is 1. The first-order valence-electron chi connectivity index (χ1n) is 4.84. The van der Waals surface area contributed by atoms with Crippen molar-refractivity contribution < 1.29 is 9.59 Å². The maximum Gasteiger partial charge on any atom is 0.322 e. The van der Waals surface area contributed by atoms with Gasteiger partial charge in [0.25, 0.3) is 5.91 Å². The van der Waals surface area contributed by atoms with Crippen molar-refractivity contribution in [2.75, 3.05) is 6.54 Å². The number of carbonyl (C=O) groups excluding carboxylic acids is 2. The summed E-state index contributed by atoms with van der Waals surface area (Å²) in [7, 11) is 0. The Balaban J connectivity index is 0.00000196. The molecule has 5 nitrogen and oxygen atoms in total. The van der Waals surface area contributed by atoms with Crippen molar-refractivity contribution in [3.63, 3.8) is 0 Å². The number of imide groups is 1. The van der Waals surface area contributed by atoms with Gasteiger partial charge in [-0.05, 0) is 18.8 Å². The van der Waals surface area contributed by atoms with Gasteiger partial charge < -0.3 is 11.1 Å². The molecule has 0 saturated carbocycles. The fourth-order valence-corrected chi connectivity index (χ4v) is 1.48. The van der Waals surface area contributed by atoms with Gasteiger partial charge in [-0.1, -0.05) is 13.8 Å². The average Bonchev–Trinajstić information content (AvgIpc) is 2.38. The van der Waals surface area contributed by atoms with Crippen LogP contribution in [0.5, 0.6) is 0 Å². The molecule has 0 aliphatic carbocycles. The van der Waals surface area contributed by atoms with Gasteiger partial charge in [0.15, 0.2) is 0 Å². The second kappa shape index (κ2) is 5.32. The summed E-state index contributed by atoms with van der Waals surface area (Å²) in [6, 6.07) is -0.441. The molecule has 1 aliphatic rings. The van der Waals surface area contributed by atoms with Crippen LogP contribution in [0.3, 0.4) is 0 Å². The first kappa shape index (κ1) is 14.2. The summed E-state index contributed by atoms with van der Waals surface area (Å²) in [5, 5.41) is 4.81. The van der Waals surface area contributed by atoms with Gasteiger partial charge in [-0.2, -0.15) is 0 Å². The van der Waals surface area contributed by atoms with Crippen LogP contribution in [0.15, 0.2) is 0 Å². The first-order valence-corrected chi connectivity index (χ1v) is 4.84. The monoisotopic (exact) mass is 235 g/mol. The Hall–Kier alpha value is -0.810. The molecule has 0 aromatic heterocycles. The Labute approximate surface area is 95.6 Å². The number of rotatable bonds is 4. The minimum atomic E-state index is -0.874. The standard InChI is InChI=1S/C9H17N3O2.ClH/c1-6(2)3-4-9(5-10)7(13)11-8(14)12-9;/h6H,3-5,10H2,1-2H3,(H2,11,12,13,14);1H/t9-;/m1./s1. The Morgan fingerprint density at radius 3 is 2.33 bits per heavy atom. The van der Waals surface area contributed by atoms with Crippen LogP contribution in [0, 0.1) is 5.92 Å². The minimum Gasteiger partial charge on any atom is -0.328 e. The lowest BCUT2D eigenvalue weighted by atomic mass is 9.90. The van der Waals surface area contributed by atoms with Gasteiger partial charge in [-0.3, -0.25) is 10.1 Å². The van der Waals surface area contributed by atoms with E-state index in [4.69, 9.17) is 5.73 Å². The van der Waals surface area contributed by atoms with E-state index in [0.29, 0.717) is 12.3 Å². The molecule has 15 heavy (non-hydrogen) atoms. The third-order valence-electron chi connectivity index (χ3n) is 2.51. The molecule has 0 unspecified atom stereocenters. The van der Waals surface area contributed by atoms with Gasteiger partial charge in [0.2, 0.25) is 0 Å². The smallest absolute Gasteiger partial charge is 0.322 e. The van der Waals surface area contributed by atoms with E-state index < -0.39 is 11.6 Å². The van der Waals surface area contributed by atoms with Gasteiger partial charge in [-0.25, -0.2) is 4.79 Å². The molecular formula is C9H18ClN3O2. The number of amides is 3. The van der Waals surface area contributed by atoms with E-state index in [9.17, 15) is 9.59 Å². The topological polar surface area (TPSA) is 84.2 Å². The van der Waals surface area contributed by atoms with Crippen LogP contribution >= 0.6 is 12.4 Å². The molecular weight excluding hydrogens is 218 g/mol. The van der Waals surface area contributed by atoms with Crippen LogP contribution in [0.25, 0.3) is 0 Å². The molecule has 1 fully saturated rings. The Kier molecular flexibility index (Phi) is 5.03.